The van der Waals surface area contributed by atoms with Gasteiger partial charge in [-0.3, -0.25) is 0 Å². The molecular formula is C18H31NO2. The number of methoxy groups -OCH3 is 1. The van der Waals surface area contributed by atoms with Crippen molar-refractivity contribution in [2.24, 2.45) is 0 Å². The molecule has 3 heteroatoms. The summed E-state index contributed by atoms with van der Waals surface area (Å²) in [6.45, 7) is 12.3. The van der Waals surface area contributed by atoms with E-state index in [9.17, 15) is 0 Å². The molecule has 0 atom stereocenters. The second kappa shape index (κ2) is 9.06. The monoisotopic (exact) mass is 293 g/mol. The van der Waals surface area contributed by atoms with E-state index in [0.717, 1.165) is 44.9 Å². The molecule has 0 bridgehead atoms. The Kier molecular flexibility index (Phi) is 7.76. The van der Waals surface area contributed by atoms with Gasteiger partial charge < -0.3 is 14.8 Å². The molecule has 0 fully saturated rings. The summed E-state index contributed by atoms with van der Waals surface area (Å²) >= 11 is 0. The van der Waals surface area contributed by atoms with Crippen molar-refractivity contribution in [3.05, 3.63) is 29.3 Å². The maximum absolute atomic E-state index is 6.07. The molecule has 1 aromatic rings. The Hall–Kier alpha value is -1.06. The summed E-state index contributed by atoms with van der Waals surface area (Å²) in [5, 5.41) is 3.35. The second-order valence-electron chi connectivity index (χ2n) is 6.50. The van der Waals surface area contributed by atoms with E-state index in [4.69, 9.17) is 9.47 Å². The lowest BCUT2D eigenvalue weighted by Gasteiger charge is -2.24. The van der Waals surface area contributed by atoms with Gasteiger partial charge in [0, 0.05) is 13.7 Å². The highest BCUT2D eigenvalue weighted by atomic mass is 16.5. The third-order valence-electron chi connectivity index (χ3n) is 3.50. The first-order chi connectivity index (χ1) is 9.96. The van der Waals surface area contributed by atoms with E-state index < -0.39 is 0 Å². The molecule has 0 unspecified atom stereocenters. The summed E-state index contributed by atoms with van der Waals surface area (Å²) in [6, 6.07) is 6.41. The zero-order valence-electron chi connectivity index (χ0n) is 14.3. The van der Waals surface area contributed by atoms with E-state index in [0.29, 0.717) is 0 Å². The number of unbranched alkanes of at least 4 members (excludes halogenated alkanes) is 1. The molecule has 120 valence electrons. The van der Waals surface area contributed by atoms with Gasteiger partial charge in [-0.05, 0) is 42.9 Å². The standard InChI is InChI=1S/C18H31NO2/c1-15-9-8-10-16(18(2,3)4)17(15)21-13-7-6-11-19-12-14-20-5/h8-10,19H,6-7,11-14H2,1-5H3. The molecule has 1 aromatic carbocycles. The molecule has 0 aromatic heterocycles. The van der Waals surface area contributed by atoms with Crippen molar-refractivity contribution < 1.29 is 9.47 Å². The Morgan fingerprint density at radius 2 is 1.81 bits per heavy atom. The van der Waals surface area contributed by atoms with Crippen LogP contribution in [0, 0.1) is 6.92 Å². The average molecular weight is 293 g/mol. The van der Waals surface area contributed by atoms with Gasteiger partial charge in [0.25, 0.3) is 0 Å². The largest absolute Gasteiger partial charge is 0.493 e. The second-order valence-corrected chi connectivity index (χ2v) is 6.50. The normalized spacial score (nSPS) is 11.7. The Morgan fingerprint density at radius 1 is 1.05 bits per heavy atom. The predicted octanol–water partition coefficient (Wildman–Crippen LogP) is 3.69. The highest BCUT2D eigenvalue weighted by Gasteiger charge is 2.19. The lowest BCUT2D eigenvalue weighted by Crippen LogP contribution is -2.20. The zero-order valence-corrected chi connectivity index (χ0v) is 14.3. The maximum Gasteiger partial charge on any atom is 0.125 e. The molecule has 1 N–H and O–H groups in total. The lowest BCUT2D eigenvalue weighted by atomic mass is 9.85. The van der Waals surface area contributed by atoms with Gasteiger partial charge in [-0.2, -0.15) is 0 Å². The summed E-state index contributed by atoms with van der Waals surface area (Å²) in [6.07, 6.45) is 2.19. The first-order valence-corrected chi connectivity index (χ1v) is 7.89. The Morgan fingerprint density at radius 3 is 2.48 bits per heavy atom. The first kappa shape index (κ1) is 18.0. The highest BCUT2D eigenvalue weighted by Crippen LogP contribution is 2.33. The Balaban J connectivity index is 2.38. The summed E-state index contributed by atoms with van der Waals surface area (Å²) < 4.78 is 11.1. The van der Waals surface area contributed by atoms with Crippen molar-refractivity contribution in [3.63, 3.8) is 0 Å². The summed E-state index contributed by atoms with van der Waals surface area (Å²) in [5.74, 6) is 1.07. The lowest BCUT2D eigenvalue weighted by molar-refractivity contribution is 0.199. The number of rotatable bonds is 9. The van der Waals surface area contributed by atoms with E-state index >= 15 is 0 Å². The smallest absolute Gasteiger partial charge is 0.125 e. The van der Waals surface area contributed by atoms with Gasteiger partial charge in [-0.15, -0.1) is 0 Å². The van der Waals surface area contributed by atoms with Gasteiger partial charge >= 0.3 is 0 Å². The molecule has 0 spiro atoms. The SMILES string of the molecule is COCCNCCCCOc1c(C)cccc1C(C)(C)C. The molecule has 0 aliphatic heterocycles. The maximum atomic E-state index is 6.07. The highest BCUT2D eigenvalue weighted by molar-refractivity contribution is 5.44. The molecule has 0 aliphatic rings. The van der Waals surface area contributed by atoms with E-state index in [1.165, 1.54) is 11.1 Å². The Labute approximate surface area is 130 Å². The first-order valence-electron chi connectivity index (χ1n) is 7.89. The van der Waals surface area contributed by atoms with Gasteiger partial charge in [0.2, 0.25) is 0 Å². The molecular weight excluding hydrogens is 262 g/mol. The fourth-order valence-electron chi connectivity index (χ4n) is 2.26. The molecule has 0 radical (unpaired) electrons. The van der Waals surface area contributed by atoms with Crippen LogP contribution in [0.1, 0.15) is 44.7 Å². The predicted molar refractivity (Wildman–Crippen MR) is 89.4 cm³/mol. The van der Waals surface area contributed by atoms with Crippen LogP contribution in [0.5, 0.6) is 5.75 Å². The number of benzene rings is 1. The topological polar surface area (TPSA) is 30.5 Å². The minimum Gasteiger partial charge on any atom is -0.493 e. The molecule has 0 saturated carbocycles. The fraction of sp³-hybridized carbons (Fsp3) is 0.667. The van der Waals surface area contributed by atoms with Gasteiger partial charge in [0.1, 0.15) is 5.75 Å². The molecule has 0 heterocycles. The van der Waals surface area contributed by atoms with Crippen molar-refractivity contribution >= 4 is 0 Å². The number of ether oxygens (including phenoxy) is 2. The van der Waals surface area contributed by atoms with E-state index in [1.54, 1.807) is 7.11 Å². The van der Waals surface area contributed by atoms with Crippen LogP contribution < -0.4 is 10.1 Å². The fourth-order valence-corrected chi connectivity index (χ4v) is 2.26. The third kappa shape index (κ3) is 6.49. The van der Waals surface area contributed by atoms with Gasteiger partial charge in [-0.25, -0.2) is 0 Å². The molecule has 21 heavy (non-hydrogen) atoms. The van der Waals surface area contributed by atoms with Crippen molar-refractivity contribution in [1.82, 2.24) is 5.32 Å². The van der Waals surface area contributed by atoms with Crippen LogP contribution in [0.15, 0.2) is 18.2 Å². The van der Waals surface area contributed by atoms with Gasteiger partial charge in [0.15, 0.2) is 0 Å². The average Bonchev–Trinajstić information content (AvgIpc) is 2.42. The molecule has 0 saturated heterocycles. The quantitative estimate of drug-likeness (QED) is 0.704. The summed E-state index contributed by atoms with van der Waals surface area (Å²) in [5.41, 5.74) is 2.63. The van der Waals surface area contributed by atoms with E-state index in [-0.39, 0.29) is 5.41 Å². The van der Waals surface area contributed by atoms with E-state index in [1.807, 2.05) is 0 Å². The molecule has 3 nitrogen and oxygen atoms in total. The third-order valence-corrected chi connectivity index (χ3v) is 3.50. The number of nitrogens with one attached hydrogen (secondary N) is 1. The number of para-hydroxylation sites is 1. The molecule has 0 aliphatic carbocycles. The van der Waals surface area contributed by atoms with E-state index in [2.05, 4.69) is 51.2 Å². The van der Waals surface area contributed by atoms with Crippen LogP contribution in [0.4, 0.5) is 0 Å². The van der Waals surface area contributed by atoms with Crippen LogP contribution in [-0.4, -0.2) is 33.4 Å². The number of aryl methyl sites for hydroxylation is 1. The van der Waals surface area contributed by atoms with Gasteiger partial charge in [0.05, 0.1) is 13.2 Å². The zero-order chi connectivity index (χ0) is 15.7. The summed E-state index contributed by atoms with van der Waals surface area (Å²) in [4.78, 5) is 0. The van der Waals surface area contributed by atoms with Crippen molar-refractivity contribution in [2.75, 3.05) is 33.4 Å². The Bertz CT molecular complexity index is 410. The van der Waals surface area contributed by atoms with Crippen LogP contribution in [0.3, 0.4) is 0 Å². The van der Waals surface area contributed by atoms with Crippen LogP contribution in [0.25, 0.3) is 0 Å². The molecule has 1 rings (SSSR count). The van der Waals surface area contributed by atoms with Crippen molar-refractivity contribution in [1.29, 1.82) is 0 Å². The number of hydrogen-bond acceptors (Lipinski definition) is 3. The van der Waals surface area contributed by atoms with Crippen LogP contribution in [-0.2, 0) is 10.2 Å². The minimum absolute atomic E-state index is 0.114. The van der Waals surface area contributed by atoms with Crippen LogP contribution >= 0.6 is 0 Å². The van der Waals surface area contributed by atoms with Crippen LogP contribution in [0.2, 0.25) is 0 Å². The van der Waals surface area contributed by atoms with Gasteiger partial charge in [-0.1, -0.05) is 39.0 Å². The van der Waals surface area contributed by atoms with Crippen molar-refractivity contribution in [2.45, 2.75) is 46.0 Å². The number of hydrogen-bond donors (Lipinski definition) is 1. The minimum atomic E-state index is 0.114. The van der Waals surface area contributed by atoms with Crippen molar-refractivity contribution in [3.8, 4) is 5.75 Å². The summed E-state index contributed by atoms with van der Waals surface area (Å²) in [7, 11) is 1.73. The molecule has 0 amide bonds.